The van der Waals surface area contributed by atoms with E-state index in [2.05, 4.69) is 105 Å². The number of rotatable bonds is 17. The molecule has 5 atom stereocenters. The molecule has 566 valence electrons. The van der Waals surface area contributed by atoms with Gasteiger partial charge in [0.05, 0.1) is 57.3 Å². The Morgan fingerprint density at radius 1 is 0.490 bits per heavy atom. The van der Waals surface area contributed by atoms with E-state index in [4.69, 9.17) is 28.4 Å². The summed E-state index contributed by atoms with van der Waals surface area (Å²) in [5.74, 6) is 4.59. The zero-order valence-electron chi connectivity index (χ0n) is 59.5. The summed E-state index contributed by atoms with van der Waals surface area (Å²) < 4.78 is 33.1. The van der Waals surface area contributed by atoms with Crippen molar-refractivity contribution in [1.29, 1.82) is 0 Å². The van der Waals surface area contributed by atoms with E-state index in [0.29, 0.717) is 67.3 Å². The van der Waals surface area contributed by atoms with Gasteiger partial charge in [0.1, 0.15) is 17.3 Å². The van der Waals surface area contributed by atoms with E-state index in [-0.39, 0.29) is 108 Å². The van der Waals surface area contributed by atoms with Crippen molar-refractivity contribution in [2.24, 2.45) is 80.3 Å². The summed E-state index contributed by atoms with van der Waals surface area (Å²) in [5, 5.41) is 10.5. The average molecular weight is 1410 g/mol. The van der Waals surface area contributed by atoms with Crippen molar-refractivity contribution in [3.8, 4) is 0 Å². The lowest BCUT2D eigenvalue weighted by atomic mass is 9.48. The molecule has 13 fully saturated rings. The van der Waals surface area contributed by atoms with Crippen LogP contribution < -0.4 is 0 Å². The zero-order chi connectivity index (χ0) is 68.2. The summed E-state index contributed by atoms with van der Waals surface area (Å²) in [6, 6.07) is 32.2. The number of carbonyl (C=O) groups excluding carboxylic acids is 6. The van der Waals surface area contributed by atoms with Crippen LogP contribution in [0.15, 0.2) is 106 Å². The number of esters is 6. The maximum atomic E-state index is 12.6. The first-order valence-corrected chi connectivity index (χ1v) is 37.4. The number of methoxy groups -OCH3 is 1. The molecule has 1 saturated heterocycles. The summed E-state index contributed by atoms with van der Waals surface area (Å²) in [6.45, 7) is 26.0. The van der Waals surface area contributed by atoms with Crippen molar-refractivity contribution >= 4 is 46.7 Å². The maximum Gasteiger partial charge on any atom is 0.347 e. The molecule has 5 unspecified atom stereocenters. The van der Waals surface area contributed by atoms with Crippen molar-refractivity contribution in [3.63, 3.8) is 0 Å². The van der Waals surface area contributed by atoms with Gasteiger partial charge in [-0.1, -0.05) is 134 Å². The second kappa shape index (κ2) is 36.0. The monoisotopic (exact) mass is 1410 g/mol. The van der Waals surface area contributed by atoms with Gasteiger partial charge in [0.2, 0.25) is 6.10 Å². The first kappa shape index (κ1) is 89.0. The van der Waals surface area contributed by atoms with Gasteiger partial charge in [0.15, 0.2) is 14.7 Å². The number of hydrogen-bond acceptors (Lipinski definition) is 13. The van der Waals surface area contributed by atoms with Crippen LogP contribution in [0, 0.1) is 80.3 Å². The van der Waals surface area contributed by atoms with Crippen LogP contribution in [0.4, 0.5) is 0 Å². The SMILES string of the molecule is C.C.C.C.C.C.CCC(C)(C)C(=O)OC1(CC)C2CC3CC(C2)CC1C3.CCC(C)(C)C(=O)OC12CC3CC(C1)CC(C(=O)OC)(C3)C2.CCC(C)(C)C(=O)OC1C2CC3CC1CC(O)(C3)C2.CCC(C)(C)C(=O)OC1CCOC1=O.c1ccc([S+](c2ccccc2)c2ccccc2)cc1. The molecule has 1 aliphatic heterocycles. The predicted molar refractivity (Wildman–Crippen MR) is 406 cm³/mol. The third kappa shape index (κ3) is 19.8. The van der Waals surface area contributed by atoms with Gasteiger partial charge < -0.3 is 33.5 Å². The number of cyclic esters (lactones) is 1. The summed E-state index contributed by atoms with van der Waals surface area (Å²) in [4.78, 5) is 76.6. The highest BCUT2D eigenvalue weighted by Gasteiger charge is 2.64. The van der Waals surface area contributed by atoms with Gasteiger partial charge in [-0.2, -0.15) is 0 Å². The number of carbonyl (C=O) groups is 6. The zero-order valence-corrected chi connectivity index (χ0v) is 60.3. The smallest absolute Gasteiger partial charge is 0.347 e. The molecule has 12 saturated carbocycles. The van der Waals surface area contributed by atoms with Crippen molar-refractivity contribution < 1.29 is 62.3 Å². The summed E-state index contributed by atoms with van der Waals surface area (Å²) >= 11 is 0. The molecule has 1 N–H and O–H groups in total. The summed E-state index contributed by atoms with van der Waals surface area (Å²) in [7, 11) is 1.46. The molecule has 0 radical (unpaired) electrons. The van der Waals surface area contributed by atoms with E-state index < -0.39 is 39.5 Å². The van der Waals surface area contributed by atoms with Crippen molar-refractivity contribution in [3.05, 3.63) is 91.0 Å². The Kier molecular flexibility index (Phi) is 32.0. The van der Waals surface area contributed by atoms with E-state index in [0.717, 1.165) is 95.3 Å². The van der Waals surface area contributed by atoms with Gasteiger partial charge in [-0.15, -0.1) is 0 Å². The number of ether oxygens (including phenoxy) is 6. The molecule has 100 heavy (non-hydrogen) atoms. The van der Waals surface area contributed by atoms with Crippen LogP contribution in [-0.2, 0) is 68.1 Å². The van der Waals surface area contributed by atoms with Gasteiger partial charge in [-0.25, -0.2) is 4.79 Å². The molecule has 3 aromatic rings. The molecular weight excluding hydrogens is 1270 g/mol. The standard InChI is InChI=1S/C18H28O4.C18H30O2.C18H15S.C16H26O3.C10H16O4.6CH4/c1-5-16(2,3)14(19)22-18-9-12-6-13(10-18)8-17(7-12,11-18)15(20)21-4;1-5-17(3,4)16(19)20-18(6-2)14-8-12-7-13(10-14)11-15(18)9-12;1-4-10-16(11-5-1)19(17-12-6-2-7-13-17)18-14-8-3-9-15-18;1-4-15(2,3)14(17)19-13-11-5-10-6-12(13)9-16(18,7-10)8-11;1-4-10(2,3)9(12)14-7-5-6-13-8(7)11;;;;;;/h12-13H,5-11H2,1-4H3;12-15H,5-11H2,1-4H3;1-15H;10-13,18H,4-9H2,1-3H3;7H,4-6H2,1-3H3;6*1H4/q;;+1;;;;;;;;. The Morgan fingerprint density at radius 3 is 1.25 bits per heavy atom. The van der Waals surface area contributed by atoms with Gasteiger partial charge >= 0.3 is 35.8 Å². The van der Waals surface area contributed by atoms with Crippen molar-refractivity contribution in [2.75, 3.05) is 13.7 Å². The summed E-state index contributed by atoms with van der Waals surface area (Å²) in [5.41, 5.74) is -3.11. The van der Waals surface area contributed by atoms with Crippen LogP contribution in [-0.4, -0.2) is 83.7 Å². The second-order valence-electron chi connectivity index (χ2n) is 32.9. The average Bonchev–Trinajstić information content (AvgIpc) is 0.772. The second-order valence-corrected chi connectivity index (χ2v) is 34.9. The highest BCUT2D eigenvalue weighted by atomic mass is 32.2. The van der Waals surface area contributed by atoms with Crippen LogP contribution >= 0.6 is 0 Å². The molecule has 1 heterocycles. The predicted octanol–water partition coefficient (Wildman–Crippen LogP) is 20.8. The van der Waals surface area contributed by atoms with Gasteiger partial charge in [-0.05, 0) is 273 Å². The Balaban J connectivity index is 0.000000322. The number of aliphatic hydroxyl groups is 1. The van der Waals surface area contributed by atoms with E-state index in [9.17, 15) is 33.9 Å². The maximum absolute atomic E-state index is 12.6. The van der Waals surface area contributed by atoms with Crippen LogP contribution in [0.25, 0.3) is 0 Å². The normalized spacial score (nSPS) is 30.8. The molecule has 3 aromatic carbocycles. The van der Waals surface area contributed by atoms with Crippen molar-refractivity contribution in [1.82, 2.24) is 0 Å². The molecule has 0 amide bonds. The highest BCUT2D eigenvalue weighted by Crippen LogP contribution is 2.64. The van der Waals surface area contributed by atoms with Crippen LogP contribution in [0.3, 0.4) is 0 Å². The number of benzene rings is 3. The highest BCUT2D eigenvalue weighted by molar-refractivity contribution is 7.97. The third-order valence-electron chi connectivity index (χ3n) is 24.5. The molecule has 12 bridgehead atoms. The minimum atomic E-state index is -0.687. The lowest BCUT2D eigenvalue weighted by Gasteiger charge is -2.60. The topological polar surface area (TPSA) is 178 Å². The quantitative estimate of drug-likeness (QED) is 0.0768. The van der Waals surface area contributed by atoms with E-state index in [1.165, 1.54) is 60.3 Å². The van der Waals surface area contributed by atoms with Crippen LogP contribution in [0.2, 0.25) is 0 Å². The molecule has 13 aliphatic rings. The fraction of sp³-hybridized carbons (Fsp3) is 0.721. The molecule has 13 nitrogen and oxygen atoms in total. The Morgan fingerprint density at radius 2 is 0.880 bits per heavy atom. The van der Waals surface area contributed by atoms with Crippen LogP contribution in [0.1, 0.15) is 276 Å². The van der Waals surface area contributed by atoms with Crippen molar-refractivity contribution in [2.45, 2.75) is 320 Å². The minimum absolute atomic E-state index is 0. The fourth-order valence-electron chi connectivity index (χ4n) is 18.1. The van der Waals surface area contributed by atoms with E-state index in [1.807, 2.05) is 62.3 Å². The largest absolute Gasteiger partial charge is 0.469 e. The third-order valence-corrected chi connectivity index (χ3v) is 26.7. The van der Waals surface area contributed by atoms with Gasteiger partial charge in [-0.3, -0.25) is 24.0 Å². The Labute approximate surface area is 610 Å². The van der Waals surface area contributed by atoms with Crippen LogP contribution in [0.5, 0.6) is 0 Å². The molecule has 0 spiro atoms. The minimum Gasteiger partial charge on any atom is -0.469 e. The summed E-state index contributed by atoms with van der Waals surface area (Å²) in [6.07, 6.45) is 21.1. The molecule has 12 aliphatic carbocycles. The number of hydrogen-bond donors (Lipinski definition) is 1. The molecular formula is C86H139O13S+. The van der Waals surface area contributed by atoms with E-state index >= 15 is 0 Å². The van der Waals surface area contributed by atoms with E-state index in [1.54, 1.807) is 13.8 Å². The van der Waals surface area contributed by atoms with Gasteiger partial charge in [0.25, 0.3) is 0 Å². The Hall–Kier alpha value is -5.21. The van der Waals surface area contributed by atoms with Gasteiger partial charge in [0, 0.05) is 12.8 Å². The molecule has 16 rings (SSSR count). The Bertz CT molecular complexity index is 2930. The fourth-order valence-corrected chi connectivity index (χ4v) is 20.2. The lowest BCUT2D eigenvalue weighted by molar-refractivity contribution is -0.218. The molecule has 14 heteroatoms. The lowest BCUT2D eigenvalue weighted by Crippen LogP contribution is -2.60. The first-order valence-electron chi connectivity index (χ1n) is 36.2. The molecule has 0 aromatic heterocycles. The first-order chi connectivity index (χ1) is 44.4.